The van der Waals surface area contributed by atoms with Gasteiger partial charge in [0.2, 0.25) is 5.89 Å². The maximum Gasteiger partial charge on any atom is 0.232 e. The lowest BCUT2D eigenvalue weighted by Crippen LogP contribution is -1.99. The molecule has 5 nitrogen and oxygen atoms in total. The van der Waals surface area contributed by atoms with Crippen LogP contribution in [0, 0.1) is 0 Å². The van der Waals surface area contributed by atoms with Gasteiger partial charge in [-0.15, -0.1) is 0 Å². The number of aldehydes is 1. The number of carbonyl (C=O) groups excluding carboxylic acids is 1. The van der Waals surface area contributed by atoms with Crippen molar-refractivity contribution in [3.05, 3.63) is 64.6 Å². The maximum absolute atomic E-state index is 11.1. The van der Waals surface area contributed by atoms with Crippen molar-refractivity contribution in [1.29, 1.82) is 0 Å². The number of aromatic nitrogens is 1. The van der Waals surface area contributed by atoms with Crippen LogP contribution < -0.4 is 9.47 Å². The topological polar surface area (TPSA) is 61.6 Å². The molecule has 0 N–H and O–H groups in total. The fourth-order valence-electron chi connectivity index (χ4n) is 2.17. The molecule has 0 atom stereocenters. The SMILES string of the molecule is COc1cc(Br)c(C=O)cc1OCc1ncc(-c2ccccc2)o1. The Morgan fingerprint density at radius 3 is 2.71 bits per heavy atom. The van der Waals surface area contributed by atoms with Crippen molar-refractivity contribution in [2.24, 2.45) is 0 Å². The van der Waals surface area contributed by atoms with Crippen LogP contribution in [0.2, 0.25) is 0 Å². The van der Waals surface area contributed by atoms with E-state index in [2.05, 4.69) is 20.9 Å². The summed E-state index contributed by atoms with van der Waals surface area (Å²) in [5, 5.41) is 0. The zero-order valence-electron chi connectivity index (χ0n) is 12.9. The highest BCUT2D eigenvalue weighted by atomic mass is 79.9. The highest BCUT2D eigenvalue weighted by Gasteiger charge is 2.12. The van der Waals surface area contributed by atoms with Gasteiger partial charge in [0.25, 0.3) is 0 Å². The van der Waals surface area contributed by atoms with Crippen molar-refractivity contribution < 1.29 is 18.7 Å². The van der Waals surface area contributed by atoms with E-state index in [0.29, 0.717) is 33.2 Å². The Kier molecular flexibility index (Phi) is 4.96. The van der Waals surface area contributed by atoms with Gasteiger partial charge in [0.15, 0.2) is 30.2 Å². The average molecular weight is 388 g/mol. The number of hydrogen-bond acceptors (Lipinski definition) is 5. The van der Waals surface area contributed by atoms with E-state index in [1.807, 2.05) is 30.3 Å². The monoisotopic (exact) mass is 387 g/mol. The van der Waals surface area contributed by atoms with E-state index in [1.54, 1.807) is 18.3 Å². The fourth-order valence-corrected chi connectivity index (χ4v) is 2.58. The molecule has 0 fully saturated rings. The van der Waals surface area contributed by atoms with Gasteiger partial charge >= 0.3 is 0 Å². The second kappa shape index (κ2) is 7.31. The third-order valence-corrected chi connectivity index (χ3v) is 4.06. The predicted octanol–water partition coefficient (Wildman–Crippen LogP) is 4.50. The van der Waals surface area contributed by atoms with Crippen LogP contribution in [0.5, 0.6) is 11.5 Å². The lowest BCUT2D eigenvalue weighted by Gasteiger charge is -2.11. The molecule has 122 valence electrons. The molecule has 0 aliphatic heterocycles. The molecule has 0 spiro atoms. The third-order valence-electron chi connectivity index (χ3n) is 3.37. The zero-order chi connectivity index (χ0) is 16.9. The first-order chi connectivity index (χ1) is 11.7. The molecule has 2 aromatic carbocycles. The molecular formula is C18H14BrNO4. The van der Waals surface area contributed by atoms with Gasteiger partial charge in [-0.25, -0.2) is 4.98 Å². The molecule has 1 aromatic heterocycles. The number of methoxy groups -OCH3 is 1. The van der Waals surface area contributed by atoms with Crippen LogP contribution in [0.25, 0.3) is 11.3 Å². The van der Waals surface area contributed by atoms with Crippen molar-refractivity contribution >= 4 is 22.2 Å². The molecule has 6 heteroatoms. The lowest BCUT2D eigenvalue weighted by atomic mass is 10.2. The number of hydrogen-bond donors (Lipinski definition) is 0. The molecule has 0 aliphatic rings. The standard InChI is InChI=1S/C18H14BrNO4/c1-22-15-8-14(19)13(10-21)7-16(15)23-11-18-20-9-17(24-18)12-5-3-2-4-6-12/h2-10H,11H2,1H3. The molecule has 3 rings (SSSR count). The molecule has 0 bridgehead atoms. The molecule has 0 unspecified atom stereocenters. The Morgan fingerprint density at radius 1 is 1.21 bits per heavy atom. The summed E-state index contributed by atoms with van der Waals surface area (Å²) < 4.78 is 17.3. The minimum absolute atomic E-state index is 0.128. The Morgan fingerprint density at radius 2 is 2.00 bits per heavy atom. The molecule has 24 heavy (non-hydrogen) atoms. The van der Waals surface area contributed by atoms with Crippen LogP contribution >= 0.6 is 15.9 Å². The Balaban J connectivity index is 1.77. The van der Waals surface area contributed by atoms with E-state index in [9.17, 15) is 4.79 Å². The lowest BCUT2D eigenvalue weighted by molar-refractivity contribution is 0.112. The van der Waals surface area contributed by atoms with Crippen molar-refractivity contribution in [2.75, 3.05) is 7.11 Å². The number of halogens is 1. The van der Waals surface area contributed by atoms with Gasteiger partial charge in [0, 0.05) is 15.6 Å². The molecule has 0 aliphatic carbocycles. The van der Waals surface area contributed by atoms with E-state index in [1.165, 1.54) is 7.11 Å². The molecular weight excluding hydrogens is 374 g/mol. The Bertz CT molecular complexity index is 845. The van der Waals surface area contributed by atoms with Gasteiger partial charge in [-0.1, -0.05) is 30.3 Å². The van der Waals surface area contributed by atoms with Gasteiger partial charge in [-0.3, -0.25) is 4.79 Å². The molecule has 0 amide bonds. The summed E-state index contributed by atoms with van der Waals surface area (Å²) in [6.07, 6.45) is 2.40. The van der Waals surface area contributed by atoms with Gasteiger partial charge in [0.05, 0.1) is 13.3 Å². The predicted molar refractivity (Wildman–Crippen MR) is 92.4 cm³/mol. The van der Waals surface area contributed by atoms with Crippen LogP contribution in [0.1, 0.15) is 16.2 Å². The minimum Gasteiger partial charge on any atom is -0.493 e. The van der Waals surface area contributed by atoms with E-state index in [-0.39, 0.29) is 6.61 Å². The second-order valence-electron chi connectivity index (χ2n) is 4.92. The Labute approximate surface area is 147 Å². The number of benzene rings is 2. The normalized spacial score (nSPS) is 10.4. The maximum atomic E-state index is 11.1. The third kappa shape index (κ3) is 3.49. The van der Waals surface area contributed by atoms with Gasteiger partial charge in [-0.2, -0.15) is 0 Å². The molecule has 1 heterocycles. The first-order valence-electron chi connectivity index (χ1n) is 7.17. The summed E-state index contributed by atoms with van der Waals surface area (Å²) >= 11 is 3.31. The quantitative estimate of drug-likeness (QED) is 0.582. The van der Waals surface area contributed by atoms with Crippen molar-refractivity contribution in [3.63, 3.8) is 0 Å². The molecule has 0 radical (unpaired) electrons. The van der Waals surface area contributed by atoms with Crippen LogP contribution in [0.15, 0.2) is 57.6 Å². The number of oxazole rings is 1. The largest absolute Gasteiger partial charge is 0.493 e. The second-order valence-corrected chi connectivity index (χ2v) is 5.77. The smallest absolute Gasteiger partial charge is 0.232 e. The first kappa shape index (κ1) is 16.3. The summed E-state index contributed by atoms with van der Waals surface area (Å²) in [7, 11) is 1.54. The number of rotatable bonds is 6. The van der Waals surface area contributed by atoms with Crippen LogP contribution in [0.4, 0.5) is 0 Å². The highest BCUT2D eigenvalue weighted by molar-refractivity contribution is 9.10. The number of carbonyl (C=O) groups is 1. The highest BCUT2D eigenvalue weighted by Crippen LogP contribution is 2.33. The molecule has 0 saturated heterocycles. The van der Waals surface area contributed by atoms with Crippen LogP contribution in [0.3, 0.4) is 0 Å². The van der Waals surface area contributed by atoms with Gasteiger partial charge in [0.1, 0.15) is 0 Å². The average Bonchev–Trinajstić information content (AvgIpc) is 3.10. The summed E-state index contributed by atoms with van der Waals surface area (Å²) in [4.78, 5) is 15.3. The van der Waals surface area contributed by atoms with Gasteiger partial charge < -0.3 is 13.9 Å². The van der Waals surface area contributed by atoms with Crippen molar-refractivity contribution in [3.8, 4) is 22.8 Å². The Hall–Kier alpha value is -2.60. The van der Waals surface area contributed by atoms with Gasteiger partial charge in [-0.05, 0) is 28.1 Å². The van der Waals surface area contributed by atoms with E-state index < -0.39 is 0 Å². The summed E-state index contributed by atoms with van der Waals surface area (Å²) in [6.45, 7) is 0.128. The fraction of sp³-hybridized carbons (Fsp3) is 0.111. The van der Waals surface area contributed by atoms with Crippen molar-refractivity contribution in [1.82, 2.24) is 4.98 Å². The van der Waals surface area contributed by atoms with Crippen LogP contribution in [-0.4, -0.2) is 18.4 Å². The molecule has 3 aromatic rings. The van der Waals surface area contributed by atoms with Crippen molar-refractivity contribution in [2.45, 2.75) is 6.61 Å². The summed E-state index contributed by atoms with van der Waals surface area (Å²) in [6, 6.07) is 13.0. The number of ether oxygens (including phenoxy) is 2. The van der Waals surface area contributed by atoms with E-state index in [0.717, 1.165) is 11.8 Å². The van der Waals surface area contributed by atoms with Crippen LogP contribution in [-0.2, 0) is 6.61 Å². The summed E-state index contributed by atoms with van der Waals surface area (Å²) in [5.41, 5.74) is 1.42. The minimum atomic E-state index is 0.128. The van der Waals surface area contributed by atoms with E-state index >= 15 is 0 Å². The first-order valence-corrected chi connectivity index (χ1v) is 7.96. The number of nitrogens with zero attached hydrogens (tertiary/aromatic N) is 1. The van der Waals surface area contributed by atoms with E-state index in [4.69, 9.17) is 13.9 Å². The zero-order valence-corrected chi connectivity index (χ0v) is 14.4. The molecule has 0 saturated carbocycles. The summed E-state index contributed by atoms with van der Waals surface area (Å²) in [5.74, 6) is 2.07.